The lowest BCUT2D eigenvalue weighted by Gasteiger charge is -2.26. The number of amides is 1. The molecule has 0 bridgehead atoms. The quantitative estimate of drug-likeness (QED) is 0.749. The number of rotatable bonds is 3. The minimum atomic E-state index is -0.741. The molecule has 2 atom stereocenters. The minimum absolute atomic E-state index is 0.0287. The van der Waals surface area contributed by atoms with Gasteiger partial charge >= 0.3 is 0 Å². The highest BCUT2D eigenvalue weighted by Crippen LogP contribution is 2.38. The standard InChI is InChI=1S/C21H18ClNO4/c1-11-3-5-13(6-4-11)18-17-19(25)15-9-14(22)7-8-16(15)27-20(17)21(26)23(18)10-12(2)24/h3-9,12,18,24H,10H2,1-2H3/t12-,18+/m0/s1. The van der Waals surface area contributed by atoms with E-state index in [0.717, 1.165) is 11.1 Å². The van der Waals surface area contributed by atoms with E-state index in [0.29, 0.717) is 21.6 Å². The van der Waals surface area contributed by atoms with Gasteiger partial charge in [-0.2, -0.15) is 0 Å². The van der Waals surface area contributed by atoms with Crippen molar-refractivity contribution in [3.05, 3.63) is 80.2 Å². The molecule has 0 fully saturated rings. The van der Waals surface area contributed by atoms with Crippen LogP contribution in [0.5, 0.6) is 0 Å². The van der Waals surface area contributed by atoms with Gasteiger partial charge in [0.25, 0.3) is 5.91 Å². The van der Waals surface area contributed by atoms with E-state index in [4.69, 9.17) is 16.0 Å². The maximum absolute atomic E-state index is 13.2. The van der Waals surface area contributed by atoms with Gasteiger partial charge in [0, 0.05) is 11.6 Å². The third kappa shape index (κ3) is 2.93. The molecule has 2 heterocycles. The van der Waals surface area contributed by atoms with E-state index in [1.165, 1.54) is 4.90 Å². The molecule has 4 rings (SSSR count). The number of carbonyl (C=O) groups excluding carboxylic acids is 1. The molecule has 2 aromatic carbocycles. The fraction of sp³-hybridized carbons (Fsp3) is 0.238. The average Bonchev–Trinajstić information content (AvgIpc) is 2.89. The van der Waals surface area contributed by atoms with Crippen LogP contribution in [0.4, 0.5) is 0 Å². The Bertz CT molecular complexity index is 1100. The van der Waals surface area contributed by atoms with Gasteiger partial charge in [0.05, 0.1) is 23.1 Å². The average molecular weight is 384 g/mol. The van der Waals surface area contributed by atoms with E-state index in [1.54, 1.807) is 25.1 Å². The molecule has 1 N–H and O–H groups in total. The number of fused-ring (bicyclic) bond motifs is 2. The maximum Gasteiger partial charge on any atom is 0.290 e. The van der Waals surface area contributed by atoms with E-state index in [2.05, 4.69) is 0 Å². The first-order valence-electron chi connectivity index (χ1n) is 8.68. The van der Waals surface area contributed by atoms with Crippen LogP contribution < -0.4 is 5.43 Å². The molecule has 0 saturated carbocycles. The van der Waals surface area contributed by atoms with Gasteiger partial charge in [0.2, 0.25) is 5.76 Å². The van der Waals surface area contributed by atoms with E-state index in [1.807, 2.05) is 31.2 Å². The largest absolute Gasteiger partial charge is 0.450 e. The Labute approximate surface area is 160 Å². The van der Waals surface area contributed by atoms with Crippen LogP contribution >= 0.6 is 11.6 Å². The number of aryl methyl sites for hydroxylation is 1. The molecule has 1 aromatic heterocycles. The lowest BCUT2D eigenvalue weighted by atomic mass is 9.97. The fourth-order valence-electron chi connectivity index (χ4n) is 3.56. The number of hydrogen-bond acceptors (Lipinski definition) is 4. The second-order valence-corrected chi connectivity index (χ2v) is 7.37. The molecule has 1 aliphatic rings. The van der Waals surface area contributed by atoms with Crippen LogP contribution in [-0.2, 0) is 0 Å². The van der Waals surface area contributed by atoms with Crippen LogP contribution in [0.2, 0.25) is 5.02 Å². The second kappa shape index (κ2) is 6.51. The Kier molecular flexibility index (Phi) is 4.29. The summed E-state index contributed by atoms with van der Waals surface area (Å²) < 4.78 is 5.81. The number of nitrogens with zero attached hydrogens (tertiary/aromatic N) is 1. The number of β-amino-alcohol motifs (C(OH)–C–C–N with tert-alkyl or cyclic N) is 1. The Hall–Kier alpha value is -2.63. The van der Waals surface area contributed by atoms with Crippen molar-refractivity contribution in [2.45, 2.75) is 26.0 Å². The van der Waals surface area contributed by atoms with E-state index < -0.39 is 18.1 Å². The third-order valence-corrected chi connectivity index (χ3v) is 5.02. The van der Waals surface area contributed by atoms with Crippen molar-refractivity contribution in [2.75, 3.05) is 6.54 Å². The smallest absolute Gasteiger partial charge is 0.290 e. The van der Waals surface area contributed by atoms with Gasteiger partial charge in [0.15, 0.2) is 5.43 Å². The van der Waals surface area contributed by atoms with Gasteiger partial charge in [-0.3, -0.25) is 9.59 Å². The zero-order chi connectivity index (χ0) is 19.3. The van der Waals surface area contributed by atoms with E-state index in [-0.39, 0.29) is 17.7 Å². The Balaban J connectivity index is 2.00. The molecular weight excluding hydrogens is 366 g/mol. The third-order valence-electron chi connectivity index (χ3n) is 4.78. The molecule has 138 valence electrons. The summed E-state index contributed by atoms with van der Waals surface area (Å²) in [4.78, 5) is 27.7. The molecule has 3 aromatic rings. The van der Waals surface area contributed by atoms with Crippen molar-refractivity contribution < 1.29 is 14.3 Å². The normalized spacial score (nSPS) is 17.4. The maximum atomic E-state index is 13.2. The molecule has 1 aliphatic heterocycles. The molecule has 0 saturated heterocycles. The van der Waals surface area contributed by atoms with Crippen molar-refractivity contribution in [1.29, 1.82) is 0 Å². The van der Waals surface area contributed by atoms with Crippen LogP contribution in [0, 0.1) is 6.92 Å². The van der Waals surface area contributed by atoms with Crippen molar-refractivity contribution in [3.8, 4) is 0 Å². The highest BCUT2D eigenvalue weighted by molar-refractivity contribution is 6.31. The molecule has 0 unspecified atom stereocenters. The summed E-state index contributed by atoms with van der Waals surface area (Å²) >= 11 is 6.05. The summed E-state index contributed by atoms with van der Waals surface area (Å²) in [5.74, 6) is -0.369. The van der Waals surface area contributed by atoms with Crippen molar-refractivity contribution in [1.82, 2.24) is 4.90 Å². The van der Waals surface area contributed by atoms with Crippen LogP contribution in [0.25, 0.3) is 11.0 Å². The summed E-state index contributed by atoms with van der Waals surface area (Å²) in [5, 5.41) is 10.7. The summed E-state index contributed by atoms with van der Waals surface area (Å²) in [6.45, 7) is 3.67. The number of carbonyl (C=O) groups is 1. The number of aliphatic hydroxyl groups is 1. The summed E-state index contributed by atoms with van der Waals surface area (Å²) in [7, 11) is 0. The van der Waals surface area contributed by atoms with Crippen molar-refractivity contribution in [3.63, 3.8) is 0 Å². The number of benzene rings is 2. The zero-order valence-corrected chi connectivity index (χ0v) is 15.7. The molecule has 27 heavy (non-hydrogen) atoms. The molecule has 6 heteroatoms. The number of halogens is 1. The van der Waals surface area contributed by atoms with Gasteiger partial charge < -0.3 is 14.4 Å². The van der Waals surface area contributed by atoms with Crippen molar-refractivity contribution >= 4 is 28.5 Å². The Morgan fingerprint density at radius 2 is 1.89 bits per heavy atom. The lowest BCUT2D eigenvalue weighted by molar-refractivity contribution is 0.0611. The molecule has 0 aliphatic carbocycles. The van der Waals surface area contributed by atoms with Crippen molar-refractivity contribution in [2.24, 2.45) is 0 Å². The summed E-state index contributed by atoms with van der Waals surface area (Å²) in [6.07, 6.45) is -0.741. The first kappa shape index (κ1) is 17.8. The predicted octanol–water partition coefficient (Wildman–Crippen LogP) is 3.68. The monoisotopic (exact) mass is 383 g/mol. The molecule has 0 radical (unpaired) electrons. The Morgan fingerprint density at radius 1 is 1.19 bits per heavy atom. The van der Waals surface area contributed by atoms with Crippen LogP contribution in [-0.4, -0.2) is 28.6 Å². The van der Waals surface area contributed by atoms with Gasteiger partial charge in [-0.05, 0) is 37.6 Å². The summed E-state index contributed by atoms with van der Waals surface area (Å²) in [5.41, 5.74) is 2.20. The number of aliphatic hydroxyl groups excluding tert-OH is 1. The number of hydrogen-bond donors (Lipinski definition) is 1. The highest BCUT2D eigenvalue weighted by atomic mass is 35.5. The topological polar surface area (TPSA) is 70.8 Å². The second-order valence-electron chi connectivity index (χ2n) is 6.93. The molecule has 5 nitrogen and oxygen atoms in total. The molecule has 1 amide bonds. The van der Waals surface area contributed by atoms with Crippen LogP contribution in [0.3, 0.4) is 0 Å². The molecular formula is C21H18ClNO4. The van der Waals surface area contributed by atoms with E-state index >= 15 is 0 Å². The lowest BCUT2D eigenvalue weighted by Crippen LogP contribution is -2.35. The van der Waals surface area contributed by atoms with E-state index in [9.17, 15) is 14.7 Å². The van der Waals surface area contributed by atoms with Crippen LogP contribution in [0.1, 0.15) is 40.2 Å². The molecule has 0 spiro atoms. The highest BCUT2D eigenvalue weighted by Gasteiger charge is 2.42. The van der Waals surface area contributed by atoms with Gasteiger partial charge in [-0.1, -0.05) is 41.4 Å². The fourth-order valence-corrected chi connectivity index (χ4v) is 3.73. The SMILES string of the molecule is Cc1ccc([C@@H]2c3c(oc4ccc(Cl)cc4c3=O)C(=O)N2C[C@H](C)O)cc1. The van der Waals surface area contributed by atoms with Gasteiger partial charge in [-0.25, -0.2) is 0 Å². The van der Waals surface area contributed by atoms with Gasteiger partial charge in [-0.15, -0.1) is 0 Å². The first-order chi connectivity index (χ1) is 12.9. The first-order valence-corrected chi connectivity index (χ1v) is 9.06. The predicted molar refractivity (Wildman–Crippen MR) is 103 cm³/mol. The Morgan fingerprint density at radius 3 is 2.56 bits per heavy atom. The summed E-state index contributed by atoms with van der Waals surface area (Å²) in [6, 6.07) is 11.8. The van der Waals surface area contributed by atoms with Crippen LogP contribution in [0.15, 0.2) is 51.7 Å². The minimum Gasteiger partial charge on any atom is -0.450 e. The van der Waals surface area contributed by atoms with Gasteiger partial charge in [0.1, 0.15) is 5.58 Å². The zero-order valence-electron chi connectivity index (χ0n) is 14.9.